The lowest BCUT2D eigenvalue weighted by Crippen LogP contribution is -2.38. The topological polar surface area (TPSA) is 94.5 Å². The summed E-state index contributed by atoms with van der Waals surface area (Å²) >= 11 is 0. The molecule has 1 amide bonds. The van der Waals surface area contributed by atoms with Crippen molar-refractivity contribution in [2.75, 3.05) is 18.1 Å². The van der Waals surface area contributed by atoms with Crippen molar-refractivity contribution < 1.29 is 22.7 Å². The van der Waals surface area contributed by atoms with Crippen LogP contribution in [0.2, 0.25) is 0 Å². The van der Waals surface area contributed by atoms with Crippen LogP contribution in [0.3, 0.4) is 0 Å². The van der Waals surface area contributed by atoms with Crippen LogP contribution in [-0.4, -0.2) is 49.0 Å². The van der Waals surface area contributed by atoms with Gasteiger partial charge in [0, 0.05) is 19.3 Å². The number of amides is 1. The van der Waals surface area contributed by atoms with Gasteiger partial charge in [0.2, 0.25) is 0 Å². The highest BCUT2D eigenvalue weighted by Gasteiger charge is 2.29. The third-order valence-corrected chi connectivity index (χ3v) is 4.85. The SMILES string of the molecule is Cn1cccc1C(=O)OCC(=O)N[C@H]1CCS(=O)(=O)C1. The molecule has 1 aromatic heterocycles. The Morgan fingerprint density at radius 1 is 1.50 bits per heavy atom. The van der Waals surface area contributed by atoms with E-state index in [0.29, 0.717) is 12.1 Å². The molecule has 0 unspecified atom stereocenters. The second-order valence-electron chi connectivity index (χ2n) is 4.75. The Morgan fingerprint density at radius 2 is 2.25 bits per heavy atom. The predicted molar refractivity (Wildman–Crippen MR) is 70.9 cm³/mol. The van der Waals surface area contributed by atoms with Gasteiger partial charge in [-0.05, 0) is 18.6 Å². The van der Waals surface area contributed by atoms with Gasteiger partial charge in [0.05, 0.1) is 11.5 Å². The van der Waals surface area contributed by atoms with Crippen molar-refractivity contribution in [3.05, 3.63) is 24.0 Å². The smallest absolute Gasteiger partial charge is 0.355 e. The summed E-state index contributed by atoms with van der Waals surface area (Å²) in [6.45, 7) is -0.416. The van der Waals surface area contributed by atoms with Crippen molar-refractivity contribution in [3.8, 4) is 0 Å². The van der Waals surface area contributed by atoms with E-state index in [0.717, 1.165) is 0 Å². The number of ether oxygens (including phenoxy) is 1. The number of aryl methyl sites for hydroxylation is 1. The first-order valence-corrected chi connectivity index (χ1v) is 7.98. The first kappa shape index (κ1) is 14.6. The molecule has 2 rings (SSSR count). The number of nitrogens with zero attached hydrogens (tertiary/aromatic N) is 1. The first-order valence-electron chi connectivity index (χ1n) is 6.15. The van der Waals surface area contributed by atoms with Gasteiger partial charge in [-0.25, -0.2) is 13.2 Å². The minimum absolute atomic E-state index is 0.0511. The lowest BCUT2D eigenvalue weighted by Gasteiger charge is -2.11. The molecule has 1 fully saturated rings. The Balaban J connectivity index is 1.79. The maximum atomic E-state index is 11.7. The maximum Gasteiger partial charge on any atom is 0.355 e. The number of hydrogen-bond donors (Lipinski definition) is 1. The number of aromatic nitrogens is 1. The van der Waals surface area contributed by atoms with E-state index in [1.807, 2.05) is 0 Å². The van der Waals surface area contributed by atoms with E-state index >= 15 is 0 Å². The molecule has 0 saturated carbocycles. The number of carbonyl (C=O) groups excluding carboxylic acids is 2. The molecule has 1 aliphatic rings. The summed E-state index contributed by atoms with van der Waals surface area (Å²) in [6.07, 6.45) is 2.10. The lowest BCUT2D eigenvalue weighted by atomic mass is 10.2. The lowest BCUT2D eigenvalue weighted by molar-refractivity contribution is -0.124. The molecule has 1 atom stereocenters. The van der Waals surface area contributed by atoms with Crippen molar-refractivity contribution in [3.63, 3.8) is 0 Å². The van der Waals surface area contributed by atoms with Gasteiger partial charge in [0.15, 0.2) is 16.4 Å². The summed E-state index contributed by atoms with van der Waals surface area (Å²) in [7, 11) is -1.34. The Hall–Kier alpha value is -1.83. The average Bonchev–Trinajstić information content (AvgIpc) is 2.92. The molecule has 1 N–H and O–H groups in total. The molecule has 0 aromatic carbocycles. The third-order valence-electron chi connectivity index (χ3n) is 3.08. The van der Waals surface area contributed by atoms with Gasteiger partial charge in [-0.1, -0.05) is 0 Å². The summed E-state index contributed by atoms with van der Waals surface area (Å²) in [6, 6.07) is 2.89. The molecular weight excluding hydrogens is 284 g/mol. The summed E-state index contributed by atoms with van der Waals surface area (Å²) in [5.74, 6) is -1.05. The van der Waals surface area contributed by atoms with Gasteiger partial charge in [-0.2, -0.15) is 0 Å². The molecule has 0 aliphatic carbocycles. The van der Waals surface area contributed by atoms with Crippen LogP contribution in [0.5, 0.6) is 0 Å². The van der Waals surface area contributed by atoms with E-state index in [2.05, 4.69) is 5.32 Å². The van der Waals surface area contributed by atoms with E-state index in [9.17, 15) is 18.0 Å². The van der Waals surface area contributed by atoms with E-state index in [-0.39, 0.29) is 17.5 Å². The number of esters is 1. The Kier molecular flexibility index (Phi) is 4.12. The molecule has 20 heavy (non-hydrogen) atoms. The zero-order valence-corrected chi connectivity index (χ0v) is 11.9. The fourth-order valence-electron chi connectivity index (χ4n) is 2.06. The number of rotatable bonds is 4. The Bertz CT molecular complexity index is 620. The highest BCUT2D eigenvalue weighted by atomic mass is 32.2. The normalized spacial score (nSPS) is 20.6. The second kappa shape index (κ2) is 5.66. The molecule has 0 spiro atoms. The number of carbonyl (C=O) groups is 2. The molecule has 1 saturated heterocycles. The molecule has 2 heterocycles. The summed E-state index contributed by atoms with van der Waals surface area (Å²) in [4.78, 5) is 23.2. The van der Waals surface area contributed by atoms with Crippen molar-refractivity contribution in [2.45, 2.75) is 12.5 Å². The van der Waals surface area contributed by atoms with Gasteiger partial charge in [0.25, 0.3) is 5.91 Å². The van der Waals surface area contributed by atoms with Crippen LogP contribution in [0.25, 0.3) is 0 Å². The maximum absolute atomic E-state index is 11.7. The van der Waals surface area contributed by atoms with Gasteiger partial charge in [-0.3, -0.25) is 4.79 Å². The van der Waals surface area contributed by atoms with Crippen molar-refractivity contribution in [1.82, 2.24) is 9.88 Å². The van der Waals surface area contributed by atoms with Crippen molar-refractivity contribution >= 4 is 21.7 Å². The molecule has 0 radical (unpaired) electrons. The molecule has 1 aliphatic heterocycles. The number of sulfone groups is 1. The number of nitrogens with one attached hydrogen (secondary N) is 1. The van der Waals surface area contributed by atoms with E-state index in [1.54, 1.807) is 29.9 Å². The monoisotopic (exact) mass is 300 g/mol. The zero-order valence-electron chi connectivity index (χ0n) is 11.0. The quantitative estimate of drug-likeness (QED) is 0.755. The third kappa shape index (κ3) is 3.60. The van der Waals surface area contributed by atoms with Crippen LogP contribution < -0.4 is 5.32 Å². The van der Waals surface area contributed by atoms with Crippen LogP contribution in [0, 0.1) is 0 Å². The van der Waals surface area contributed by atoms with Crippen LogP contribution in [-0.2, 0) is 26.4 Å². The minimum Gasteiger partial charge on any atom is -0.451 e. The molecule has 8 heteroatoms. The van der Waals surface area contributed by atoms with Crippen LogP contribution >= 0.6 is 0 Å². The van der Waals surface area contributed by atoms with Crippen molar-refractivity contribution in [2.24, 2.45) is 7.05 Å². The van der Waals surface area contributed by atoms with Crippen molar-refractivity contribution in [1.29, 1.82) is 0 Å². The molecule has 110 valence electrons. The summed E-state index contributed by atoms with van der Waals surface area (Å²) in [5, 5.41) is 2.55. The summed E-state index contributed by atoms with van der Waals surface area (Å²) < 4.78 is 28.9. The molecular formula is C12H16N2O5S. The fourth-order valence-corrected chi connectivity index (χ4v) is 3.73. The standard InChI is InChI=1S/C12H16N2O5S/c1-14-5-2-3-10(14)12(16)19-7-11(15)13-9-4-6-20(17,18)8-9/h2-3,5,9H,4,6-8H2,1H3,(H,13,15)/t9-/m0/s1. The Labute approximate surface area is 116 Å². The highest BCUT2D eigenvalue weighted by molar-refractivity contribution is 7.91. The predicted octanol–water partition coefficient (Wildman–Crippen LogP) is -0.515. The largest absolute Gasteiger partial charge is 0.451 e. The zero-order chi connectivity index (χ0) is 14.8. The van der Waals surface area contributed by atoms with E-state index in [1.165, 1.54) is 0 Å². The van der Waals surface area contributed by atoms with Gasteiger partial charge in [0.1, 0.15) is 5.69 Å². The molecule has 0 bridgehead atoms. The van der Waals surface area contributed by atoms with Crippen LogP contribution in [0.15, 0.2) is 18.3 Å². The van der Waals surface area contributed by atoms with E-state index in [4.69, 9.17) is 4.74 Å². The van der Waals surface area contributed by atoms with Gasteiger partial charge >= 0.3 is 5.97 Å². The summed E-state index contributed by atoms with van der Waals surface area (Å²) in [5.41, 5.74) is 0.348. The second-order valence-corrected chi connectivity index (χ2v) is 6.98. The van der Waals surface area contributed by atoms with Gasteiger partial charge in [-0.15, -0.1) is 0 Å². The first-order chi connectivity index (χ1) is 9.37. The van der Waals surface area contributed by atoms with Gasteiger partial charge < -0.3 is 14.6 Å². The Morgan fingerprint density at radius 3 is 2.80 bits per heavy atom. The number of hydrogen-bond acceptors (Lipinski definition) is 5. The highest BCUT2D eigenvalue weighted by Crippen LogP contribution is 2.11. The van der Waals surface area contributed by atoms with E-state index < -0.39 is 28.3 Å². The fraction of sp³-hybridized carbons (Fsp3) is 0.500. The minimum atomic E-state index is -3.04. The molecule has 1 aromatic rings. The van der Waals surface area contributed by atoms with Crippen LogP contribution in [0.1, 0.15) is 16.9 Å². The molecule has 7 nitrogen and oxygen atoms in total. The average molecular weight is 300 g/mol. The van der Waals surface area contributed by atoms with Crippen LogP contribution in [0.4, 0.5) is 0 Å².